The van der Waals surface area contributed by atoms with E-state index in [1.807, 2.05) is 24.3 Å². The molecule has 3 N–H and O–H groups in total. The van der Waals surface area contributed by atoms with Crippen LogP contribution in [0.5, 0.6) is 5.88 Å². The SMILES string of the molecule is N#CC1=C(N)Oc2n[nH]c(-c3ccncc3)c2[C@@H]1c1ccncc1. The molecule has 1 atom stereocenters. The molecule has 3 aromatic heterocycles. The van der Waals surface area contributed by atoms with E-state index in [-0.39, 0.29) is 11.8 Å². The molecule has 0 fully saturated rings. The van der Waals surface area contributed by atoms with Crippen LogP contribution in [0.4, 0.5) is 0 Å². The average Bonchev–Trinajstić information content (AvgIpc) is 3.05. The molecule has 3 aromatic rings. The van der Waals surface area contributed by atoms with Crippen molar-refractivity contribution in [1.82, 2.24) is 20.2 Å². The number of aromatic amines is 1. The topological polar surface area (TPSA) is 114 Å². The van der Waals surface area contributed by atoms with E-state index in [0.29, 0.717) is 11.5 Å². The predicted octanol–water partition coefficient (Wildman–Crippen LogP) is 2.08. The van der Waals surface area contributed by atoms with E-state index >= 15 is 0 Å². The summed E-state index contributed by atoms with van der Waals surface area (Å²) < 4.78 is 5.55. The van der Waals surface area contributed by atoms with Crippen LogP contribution in [0.3, 0.4) is 0 Å². The van der Waals surface area contributed by atoms with Gasteiger partial charge < -0.3 is 10.5 Å². The van der Waals surface area contributed by atoms with Crippen molar-refractivity contribution in [2.45, 2.75) is 5.92 Å². The number of aromatic nitrogens is 4. The number of nitrogens with zero attached hydrogens (tertiary/aromatic N) is 4. The normalized spacial score (nSPS) is 16.2. The van der Waals surface area contributed by atoms with Crippen LogP contribution in [0.15, 0.2) is 60.5 Å². The lowest BCUT2D eigenvalue weighted by Gasteiger charge is -2.23. The van der Waals surface area contributed by atoms with Crippen LogP contribution < -0.4 is 10.5 Å². The first kappa shape index (κ1) is 14.0. The summed E-state index contributed by atoms with van der Waals surface area (Å²) >= 11 is 0. The van der Waals surface area contributed by atoms with Gasteiger partial charge in [0.1, 0.15) is 11.6 Å². The molecule has 0 radical (unpaired) electrons. The number of ether oxygens (including phenoxy) is 1. The zero-order valence-corrected chi connectivity index (χ0v) is 12.5. The number of pyridine rings is 2. The van der Waals surface area contributed by atoms with Crippen LogP contribution in [0.25, 0.3) is 11.3 Å². The third kappa shape index (κ3) is 2.09. The maximum Gasteiger partial charge on any atom is 0.244 e. The molecule has 0 amide bonds. The Balaban J connectivity index is 1.96. The highest BCUT2D eigenvalue weighted by Crippen LogP contribution is 2.45. The lowest BCUT2D eigenvalue weighted by Crippen LogP contribution is -2.21. The van der Waals surface area contributed by atoms with Crippen molar-refractivity contribution in [3.63, 3.8) is 0 Å². The minimum absolute atomic E-state index is 0.0691. The van der Waals surface area contributed by atoms with Gasteiger partial charge in [-0.25, -0.2) is 0 Å². The van der Waals surface area contributed by atoms with Gasteiger partial charge in [0.15, 0.2) is 0 Å². The van der Waals surface area contributed by atoms with E-state index in [4.69, 9.17) is 10.5 Å². The van der Waals surface area contributed by atoms with Gasteiger partial charge in [-0.05, 0) is 29.8 Å². The van der Waals surface area contributed by atoms with Crippen molar-refractivity contribution in [3.05, 3.63) is 71.6 Å². The molecule has 1 aliphatic heterocycles. The molecule has 0 spiro atoms. The standard InChI is InChI=1S/C17H12N6O/c18-9-12-13(10-1-5-20-6-2-10)14-15(11-3-7-21-8-4-11)22-23-17(14)24-16(12)19/h1-8,13H,19H2,(H,22,23)/t13-/m1/s1. The fraction of sp³-hybridized carbons (Fsp3) is 0.0588. The fourth-order valence-electron chi connectivity index (χ4n) is 2.87. The third-order valence-corrected chi connectivity index (χ3v) is 3.95. The summed E-state index contributed by atoms with van der Waals surface area (Å²) in [4.78, 5) is 8.07. The number of hydrogen-bond donors (Lipinski definition) is 2. The summed E-state index contributed by atoms with van der Waals surface area (Å²) in [6.07, 6.45) is 6.76. The molecule has 7 heteroatoms. The Morgan fingerprint density at radius 3 is 2.42 bits per heavy atom. The van der Waals surface area contributed by atoms with E-state index < -0.39 is 0 Å². The minimum atomic E-state index is -0.372. The van der Waals surface area contributed by atoms with Crippen LogP contribution in [0, 0.1) is 11.3 Å². The molecule has 0 unspecified atom stereocenters. The lowest BCUT2D eigenvalue weighted by atomic mass is 9.83. The smallest absolute Gasteiger partial charge is 0.244 e. The number of nitrogens with one attached hydrogen (secondary N) is 1. The second kappa shape index (κ2) is 5.52. The van der Waals surface area contributed by atoms with Crippen LogP contribution in [0.2, 0.25) is 0 Å². The first-order chi connectivity index (χ1) is 11.8. The molecule has 0 saturated carbocycles. The van der Waals surface area contributed by atoms with Crippen LogP contribution in [0.1, 0.15) is 17.0 Å². The molecule has 0 aromatic carbocycles. The number of rotatable bonds is 2. The van der Waals surface area contributed by atoms with Gasteiger partial charge in [0.2, 0.25) is 11.8 Å². The number of allylic oxidation sites excluding steroid dienone is 1. The summed E-state index contributed by atoms with van der Waals surface area (Å²) in [6, 6.07) is 9.61. The Kier molecular flexibility index (Phi) is 3.21. The number of nitrogens with two attached hydrogens (primary N) is 1. The second-order valence-corrected chi connectivity index (χ2v) is 5.26. The monoisotopic (exact) mass is 316 g/mol. The van der Waals surface area contributed by atoms with E-state index in [1.54, 1.807) is 24.8 Å². The van der Waals surface area contributed by atoms with E-state index in [0.717, 1.165) is 22.4 Å². The highest BCUT2D eigenvalue weighted by Gasteiger charge is 2.35. The molecule has 24 heavy (non-hydrogen) atoms. The van der Waals surface area contributed by atoms with Crippen LogP contribution >= 0.6 is 0 Å². The zero-order valence-electron chi connectivity index (χ0n) is 12.5. The second-order valence-electron chi connectivity index (χ2n) is 5.26. The molecule has 0 saturated heterocycles. The molecule has 1 aliphatic rings. The van der Waals surface area contributed by atoms with E-state index in [9.17, 15) is 5.26 Å². The van der Waals surface area contributed by atoms with Gasteiger partial charge in [0.05, 0.1) is 17.2 Å². The van der Waals surface area contributed by atoms with Gasteiger partial charge in [-0.15, -0.1) is 5.10 Å². The Morgan fingerprint density at radius 2 is 1.75 bits per heavy atom. The largest absolute Gasteiger partial charge is 0.420 e. The van der Waals surface area contributed by atoms with Crippen molar-refractivity contribution in [1.29, 1.82) is 5.26 Å². The fourth-order valence-corrected chi connectivity index (χ4v) is 2.87. The van der Waals surface area contributed by atoms with E-state index in [1.165, 1.54) is 0 Å². The number of H-pyrrole nitrogens is 1. The van der Waals surface area contributed by atoms with E-state index in [2.05, 4.69) is 26.2 Å². The molecule has 7 nitrogen and oxygen atoms in total. The van der Waals surface area contributed by atoms with Gasteiger partial charge in [-0.3, -0.25) is 15.1 Å². The summed E-state index contributed by atoms with van der Waals surface area (Å²) in [5.74, 6) is 0.0726. The molecule has 4 rings (SSSR count). The van der Waals surface area contributed by atoms with Crippen molar-refractivity contribution >= 4 is 0 Å². The number of hydrogen-bond acceptors (Lipinski definition) is 6. The quantitative estimate of drug-likeness (QED) is 0.748. The maximum absolute atomic E-state index is 9.59. The summed E-state index contributed by atoms with van der Waals surface area (Å²) in [5.41, 5.74) is 9.63. The van der Waals surface area contributed by atoms with Gasteiger partial charge in [-0.2, -0.15) is 5.26 Å². The lowest BCUT2D eigenvalue weighted by molar-refractivity contribution is 0.379. The van der Waals surface area contributed by atoms with Crippen molar-refractivity contribution < 1.29 is 4.74 Å². The molecule has 116 valence electrons. The van der Waals surface area contributed by atoms with Gasteiger partial charge in [0.25, 0.3) is 0 Å². The number of nitriles is 1. The Morgan fingerprint density at radius 1 is 1.08 bits per heavy atom. The van der Waals surface area contributed by atoms with Crippen LogP contribution in [-0.2, 0) is 0 Å². The molecular formula is C17H12N6O. The molecule has 0 aliphatic carbocycles. The highest BCUT2D eigenvalue weighted by atomic mass is 16.5. The maximum atomic E-state index is 9.59. The average molecular weight is 316 g/mol. The van der Waals surface area contributed by atoms with Crippen molar-refractivity contribution in [2.75, 3.05) is 0 Å². The van der Waals surface area contributed by atoms with Crippen molar-refractivity contribution in [3.8, 4) is 23.2 Å². The van der Waals surface area contributed by atoms with Gasteiger partial charge in [-0.1, -0.05) is 0 Å². The summed E-state index contributed by atoms with van der Waals surface area (Å²) in [5, 5.41) is 16.8. The Bertz CT molecular complexity index is 956. The predicted molar refractivity (Wildman–Crippen MR) is 85.4 cm³/mol. The Hall–Kier alpha value is -3.66. The van der Waals surface area contributed by atoms with Crippen molar-refractivity contribution in [2.24, 2.45) is 5.73 Å². The first-order valence-electron chi connectivity index (χ1n) is 7.25. The molecule has 4 heterocycles. The Labute approximate surface area is 137 Å². The molecule has 0 bridgehead atoms. The minimum Gasteiger partial charge on any atom is -0.420 e. The summed E-state index contributed by atoms with van der Waals surface area (Å²) in [7, 11) is 0. The van der Waals surface area contributed by atoms with Crippen LogP contribution in [-0.4, -0.2) is 20.2 Å². The van der Waals surface area contributed by atoms with Gasteiger partial charge >= 0.3 is 0 Å². The summed E-state index contributed by atoms with van der Waals surface area (Å²) in [6.45, 7) is 0. The number of fused-ring (bicyclic) bond motifs is 1. The molecular weight excluding hydrogens is 304 g/mol. The zero-order chi connectivity index (χ0) is 16.5. The third-order valence-electron chi connectivity index (χ3n) is 3.95. The van der Waals surface area contributed by atoms with Gasteiger partial charge in [0, 0.05) is 30.4 Å². The first-order valence-corrected chi connectivity index (χ1v) is 7.25. The highest BCUT2D eigenvalue weighted by molar-refractivity contribution is 5.70.